The molecule has 7 heteroatoms. The van der Waals surface area contributed by atoms with Crippen LogP contribution in [0.1, 0.15) is 75.9 Å². The van der Waals surface area contributed by atoms with Crippen molar-refractivity contribution in [3.8, 4) is 5.75 Å². The molecule has 1 aliphatic heterocycles. The Labute approximate surface area is 207 Å². The number of pyridine rings is 1. The molecule has 0 amide bonds. The van der Waals surface area contributed by atoms with E-state index in [2.05, 4.69) is 9.88 Å². The lowest BCUT2D eigenvalue weighted by Gasteiger charge is -2.42. The molecule has 1 aromatic heterocycles. The van der Waals surface area contributed by atoms with Crippen LogP contribution in [0.2, 0.25) is 5.02 Å². The zero-order chi connectivity index (χ0) is 24.1. The molecular formula is C27H37ClN2O4. The number of carbonyl (C=O) groups is 1. The Hall–Kier alpha value is -1.89. The lowest BCUT2D eigenvalue weighted by Crippen LogP contribution is -2.42. The van der Waals surface area contributed by atoms with Crippen molar-refractivity contribution in [3.05, 3.63) is 35.0 Å². The quantitative estimate of drug-likeness (QED) is 0.436. The molecule has 1 atom stereocenters. The summed E-state index contributed by atoms with van der Waals surface area (Å²) >= 11 is 6.48. The summed E-state index contributed by atoms with van der Waals surface area (Å²) in [7, 11) is 1.60. The smallest absolute Gasteiger partial charge is 0.303 e. The Morgan fingerprint density at radius 2 is 2.03 bits per heavy atom. The maximum absolute atomic E-state index is 11.7. The molecule has 0 spiro atoms. The molecule has 2 N–H and O–H groups in total. The van der Waals surface area contributed by atoms with E-state index >= 15 is 0 Å². The van der Waals surface area contributed by atoms with Gasteiger partial charge in [0, 0.05) is 17.1 Å². The van der Waals surface area contributed by atoms with Gasteiger partial charge in [0.05, 0.1) is 30.2 Å². The average Bonchev–Trinajstić information content (AvgIpc) is 3.35. The van der Waals surface area contributed by atoms with E-state index in [9.17, 15) is 15.0 Å². The molecule has 2 aliphatic rings. The van der Waals surface area contributed by atoms with Crippen LogP contribution in [0, 0.1) is 11.3 Å². The van der Waals surface area contributed by atoms with E-state index in [1.165, 1.54) is 32.1 Å². The summed E-state index contributed by atoms with van der Waals surface area (Å²) in [4.78, 5) is 18.6. The second-order valence-corrected chi connectivity index (χ2v) is 10.7. The van der Waals surface area contributed by atoms with Crippen LogP contribution in [-0.2, 0) is 4.79 Å². The van der Waals surface area contributed by atoms with E-state index in [4.69, 9.17) is 16.3 Å². The van der Waals surface area contributed by atoms with Gasteiger partial charge >= 0.3 is 5.97 Å². The highest BCUT2D eigenvalue weighted by atomic mass is 35.5. The van der Waals surface area contributed by atoms with Gasteiger partial charge in [-0.2, -0.15) is 0 Å². The maximum atomic E-state index is 11.7. The van der Waals surface area contributed by atoms with Gasteiger partial charge in [-0.3, -0.25) is 9.78 Å². The lowest BCUT2D eigenvalue weighted by atomic mass is 9.71. The van der Waals surface area contributed by atoms with Crippen molar-refractivity contribution >= 4 is 28.5 Å². The van der Waals surface area contributed by atoms with Crippen LogP contribution >= 0.6 is 11.6 Å². The number of hydrogen-bond acceptors (Lipinski definition) is 5. The number of ether oxygens (including phenoxy) is 1. The molecular weight excluding hydrogens is 452 g/mol. The molecule has 2 aromatic rings. The standard InChI is InChI=1S/C27H37ClN2O4/c1-34-20-6-7-23-21(16-20)26(22(28)18-29-23)24(31)8-10-27(17-25(32)33)11-14-30(15-12-27)13-9-19-4-2-3-5-19/h6-7,16,18-19,24,31H,2-5,8-15,17H2,1H3,(H,32,33)/t24-/m0/s1. The minimum absolute atomic E-state index is 0.148. The number of nitrogens with zero attached hydrogens (tertiary/aromatic N) is 2. The molecule has 2 heterocycles. The Kier molecular flexibility index (Phi) is 8.33. The van der Waals surface area contributed by atoms with Crippen LogP contribution in [0.25, 0.3) is 10.9 Å². The number of rotatable bonds is 10. The summed E-state index contributed by atoms with van der Waals surface area (Å²) in [5, 5.41) is 22.0. The van der Waals surface area contributed by atoms with Crippen molar-refractivity contribution in [1.29, 1.82) is 0 Å². The molecule has 1 saturated carbocycles. The minimum atomic E-state index is -0.795. The molecule has 34 heavy (non-hydrogen) atoms. The first-order chi connectivity index (χ1) is 16.4. The Morgan fingerprint density at radius 1 is 1.29 bits per heavy atom. The second-order valence-electron chi connectivity index (χ2n) is 10.3. The van der Waals surface area contributed by atoms with Crippen molar-refractivity contribution in [2.45, 2.75) is 70.3 Å². The zero-order valence-corrected chi connectivity index (χ0v) is 20.9. The summed E-state index contributed by atoms with van der Waals surface area (Å²) in [6, 6.07) is 5.54. The number of halogens is 1. The number of aliphatic hydroxyl groups is 1. The number of hydrogen-bond donors (Lipinski definition) is 2. The fraction of sp³-hybridized carbons (Fsp3) is 0.630. The van der Waals surface area contributed by atoms with Gasteiger partial charge in [0.25, 0.3) is 0 Å². The summed E-state index contributed by atoms with van der Waals surface area (Å²) in [5.41, 5.74) is 1.10. The molecule has 0 radical (unpaired) electrons. The molecule has 2 fully saturated rings. The lowest BCUT2D eigenvalue weighted by molar-refractivity contribution is -0.141. The number of aromatic nitrogens is 1. The van der Waals surface area contributed by atoms with E-state index in [1.807, 2.05) is 18.2 Å². The van der Waals surface area contributed by atoms with Crippen molar-refractivity contribution in [2.24, 2.45) is 11.3 Å². The van der Waals surface area contributed by atoms with Crippen molar-refractivity contribution in [1.82, 2.24) is 9.88 Å². The number of carboxylic acid groups (broad SMARTS) is 1. The van der Waals surface area contributed by atoms with Crippen molar-refractivity contribution < 1.29 is 19.7 Å². The van der Waals surface area contributed by atoms with Gasteiger partial charge in [-0.25, -0.2) is 0 Å². The zero-order valence-electron chi connectivity index (χ0n) is 20.1. The molecule has 1 saturated heterocycles. The van der Waals surface area contributed by atoms with Gasteiger partial charge in [0.2, 0.25) is 0 Å². The van der Waals surface area contributed by atoms with Gasteiger partial charge in [-0.15, -0.1) is 0 Å². The number of likely N-dealkylation sites (tertiary alicyclic amines) is 1. The van der Waals surface area contributed by atoms with E-state index in [-0.39, 0.29) is 11.8 Å². The van der Waals surface area contributed by atoms with Crippen LogP contribution in [0.4, 0.5) is 0 Å². The summed E-state index contributed by atoms with van der Waals surface area (Å²) in [5.74, 6) is 0.794. The van der Waals surface area contributed by atoms with Crippen LogP contribution in [0.3, 0.4) is 0 Å². The van der Waals surface area contributed by atoms with Gasteiger partial charge in [-0.1, -0.05) is 37.3 Å². The normalized spacial score (nSPS) is 20.0. The highest BCUT2D eigenvalue weighted by Crippen LogP contribution is 2.43. The number of benzene rings is 1. The first-order valence-corrected chi connectivity index (χ1v) is 13.0. The average molecular weight is 489 g/mol. The first-order valence-electron chi connectivity index (χ1n) is 12.6. The third-order valence-electron chi connectivity index (χ3n) is 8.12. The predicted octanol–water partition coefficient (Wildman–Crippen LogP) is 5.85. The van der Waals surface area contributed by atoms with Crippen LogP contribution < -0.4 is 4.74 Å². The fourth-order valence-corrected chi connectivity index (χ4v) is 6.25. The Bertz CT molecular complexity index is 984. The van der Waals surface area contributed by atoms with Crippen molar-refractivity contribution in [2.75, 3.05) is 26.7 Å². The third-order valence-corrected chi connectivity index (χ3v) is 8.42. The summed E-state index contributed by atoms with van der Waals surface area (Å²) < 4.78 is 5.35. The molecule has 4 rings (SSSR count). The highest BCUT2D eigenvalue weighted by molar-refractivity contribution is 6.32. The van der Waals surface area contributed by atoms with Crippen molar-refractivity contribution in [3.63, 3.8) is 0 Å². The maximum Gasteiger partial charge on any atom is 0.303 e. The first kappa shape index (κ1) is 25.2. The molecule has 6 nitrogen and oxygen atoms in total. The van der Waals surface area contributed by atoms with E-state index in [0.29, 0.717) is 29.2 Å². The molecule has 0 bridgehead atoms. The summed E-state index contributed by atoms with van der Waals surface area (Å²) in [6.07, 6.45) is 10.5. The van der Waals surface area contributed by atoms with E-state index in [0.717, 1.165) is 49.3 Å². The monoisotopic (exact) mass is 488 g/mol. The van der Waals surface area contributed by atoms with Crippen LogP contribution in [-0.4, -0.2) is 52.8 Å². The number of carboxylic acids is 1. The number of fused-ring (bicyclic) bond motifs is 1. The minimum Gasteiger partial charge on any atom is -0.497 e. The van der Waals surface area contributed by atoms with Gasteiger partial charge in [-0.05, 0) is 81.3 Å². The van der Waals surface area contributed by atoms with Crippen LogP contribution in [0.5, 0.6) is 5.75 Å². The fourth-order valence-electron chi connectivity index (χ4n) is 5.97. The van der Waals surface area contributed by atoms with E-state index < -0.39 is 12.1 Å². The summed E-state index contributed by atoms with van der Waals surface area (Å²) in [6.45, 7) is 3.00. The van der Waals surface area contributed by atoms with Gasteiger partial charge < -0.3 is 19.8 Å². The van der Waals surface area contributed by atoms with Gasteiger partial charge in [0.15, 0.2) is 0 Å². The molecule has 1 aliphatic carbocycles. The van der Waals surface area contributed by atoms with Gasteiger partial charge in [0.1, 0.15) is 5.75 Å². The third kappa shape index (κ3) is 6.02. The second kappa shape index (κ2) is 11.2. The number of methoxy groups -OCH3 is 1. The SMILES string of the molecule is COc1ccc2ncc(Cl)c([C@@H](O)CCC3(CC(=O)O)CCN(CCC4CCCC4)CC3)c2c1. The molecule has 1 aromatic carbocycles. The topological polar surface area (TPSA) is 82.9 Å². The van der Waals surface area contributed by atoms with E-state index in [1.54, 1.807) is 13.3 Å². The van der Waals surface area contributed by atoms with Crippen LogP contribution in [0.15, 0.2) is 24.4 Å². The largest absolute Gasteiger partial charge is 0.497 e. The predicted molar refractivity (Wildman–Crippen MR) is 134 cm³/mol. The highest BCUT2D eigenvalue weighted by Gasteiger charge is 2.37. The number of piperidine rings is 1. The molecule has 186 valence electrons. The Morgan fingerprint density at radius 3 is 2.71 bits per heavy atom. The molecule has 0 unspecified atom stereocenters. The number of aliphatic hydroxyl groups excluding tert-OH is 1. The number of aliphatic carboxylic acids is 1. The Balaban J connectivity index is 1.42.